The second-order valence-corrected chi connectivity index (χ2v) is 1.56. The van der Waals surface area contributed by atoms with E-state index in [2.05, 4.69) is 26.3 Å². The van der Waals surface area contributed by atoms with Crippen molar-refractivity contribution in [3.05, 3.63) is 26.3 Å². The first kappa shape index (κ1) is 29.2. The first-order valence-electron chi connectivity index (χ1n) is 4.75. The summed E-state index contributed by atoms with van der Waals surface area (Å²) in [7, 11) is 0. The molecule has 0 radical (unpaired) electrons. The minimum Gasteiger partial charge on any atom is -0.331 e. The van der Waals surface area contributed by atoms with Crippen LogP contribution in [0.25, 0.3) is 0 Å². The summed E-state index contributed by atoms with van der Waals surface area (Å²) in [5.74, 6) is 0. The Balaban J connectivity index is -0.0000000289. The molecule has 0 amide bonds. The molecule has 0 aliphatic heterocycles. The maximum absolute atomic E-state index is 4.90. The molecule has 0 aromatic carbocycles. The van der Waals surface area contributed by atoms with Gasteiger partial charge in [0.15, 0.2) is 0 Å². The first-order chi connectivity index (χ1) is 7.24. The van der Waals surface area contributed by atoms with Crippen LogP contribution < -0.4 is 28.7 Å². The summed E-state index contributed by atoms with van der Waals surface area (Å²) in [6.45, 7) is 17.0. The summed E-state index contributed by atoms with van der Waals surface area (Å²) < 4.78 is 0. The highest BCUT2D eigenvalue weighted by Gasteiger charge is 1.54. The summed E-state index contributed by atoms with van der Waals surface area (Å²) in [6, 6.07) is 0. The Morgan fingerprint density at radius 3 is 0.667 bits per heavy atom. The van der Waals surface area contributed by atoms with E-state index in [1.165, 1.54) is 0 Å². The maximum Gasteiger partial charge on any atom is 0.00461 e. The molecule has 0 saturated heterocycles. The van der Waals surface area contributed by atoms with Gasteiger partial charge in [-0.05, 0) is 6.54 Å². The number of hydrogen-bond acceptors (Lipinski definition) is 5. The molecule has 0 unspecified atom stereocenters. The minimum atomic E-state index is 0.597. The highest BCUT2D eigenvalue weighted by Crippen LogP contribution is 1.24. The molecule has 10 N–H and O–H groups in total. The van der Waals surface area contributed by atoms with Gasteiger partial charge >= 0.3 is 0 Å². The van der Waals surface area contributed by atoms with Gasteiger partial charge in [-0.2, -0.15) is 0 Å². The van der Waals surface area contributed by atoms with Crippen molar-refractivity contribution < 1.29 is 0 Å². The second-order valence-electron chi connectivity index (χ2n) is 1.56. The zero-order chi connectivity index (χ0) is 13.5. The molecule has 0 spiro atoms. The minimum absolute atomic E-state index is 0.597. The molecule has 0 fully saturated rings. The topological polar surface area (TPSA) is 130 Å². The van der Waals surface area contributed by atoms with Gasteiger partial charge in [0.2, 0.25) is 0 Å². The molecular weight excluding hydrogens is 190 g/mol. The van der Waals surface area contributed by atoms with E-state index in [1.807, 2.05) is 6.92 Å². The average molecular weight is 221 g/mol. The lowest BCUT2D eigenvalue weighted by Crippen LogP contribution is -2.11. The molecule has 0 aliphatic rings. The van der Waals surface area contributed by atoms with Crippen LogP contribution in [-0.4, -0.2) is 32.7 Å². The van der Waals surface area contributed by atoms with Crippen molar-refractivity contribution in [1.82, 2.24) is 0 Å². The van der Waals surface area contributed by atoms with Crippen LogP contribution in [0.5, 0.6) is 0 Å². The number of rotatable bonds is 2. The molecule has 0 saturated carbocycles. The Morgan fingerprint density at radius 1 is 0.600 bits per heavy atom. The quantitative estimate of drug-likeness (QED) is 0.397. The van der Waals surface area contributed by atoms with Crippen molar-refractivity contribution >= 4 is 0 Å². The Kier molecular flexibility index (Phi) is 213. The zero-order valence-electron chi connectivity index (χ0n) is 10.3. The van der Waals surface area contributed by atoms with E-state index in [0.717, 1.165) is 6.54 Å². The fourth-order valence-corrected chi connectivity index (χ4v) is 0. The van der Waals surface area contributed by atoms with Crippen LogP contribution >= 0.6 is 0 Å². The van der Waals surface area contributed by atoms with Crippen molar-refractivity contribution in [3.8, 4) is 0 Å². The lowest BCUT2D eigenvalue weighted by atomic mass is 10.7. The van der Waals surface area contributed by atoms with Crippen LogP contribution in [0.1, 0.15) is 6.92 Å². The van der Waals surface area contributed by atoms with Gasteiger partial charge in [-0.25, -0.2) is 0 Å². The average Bonchev–Trinajstić information content (AvgIpc) is 2.35. The summed E-state index contributed by atoms with van der Waals surface area (Å²) in [6.07, 6.45) is 0. The molecule has 0 aromatic heterocycles. The predicted octanol–water partition coefficient (Wildman–Crippen LogP) is -0.623. The summed E-state index contributed by atoms with van der Waals surface area (Å²) >= 11 is 0. The van der Waals surface area contributed by atoms with E-state index >= 15 is 0 Å². The fourth-order valence-electron chi connectivity index (χ4n) is 0. The third-order valence-electron chi connectivity index (χ3n) is 0.333. The molecule has 5 heteroatoms. The van der Waals surface area contributed by atoms with Crippen LogP contribution in [0.15, 0.2) is 26.3 Å². The standard InChI is InChI=1S/2C2H8N2.C2H7N.2C2H4/c2*3-1-2-4;1-2-3;2*1-2/h2*1-4H2;2-3H2,1H3;2*1-2H2. The highest BCUT2D eigenvalue weighted by molar-refractivity contribution is 4.26. The molecule has 0 atom stereocenters. The molecule has 15 heavy (non-hydrogen) atoms. The highest BCUT2D eigenvalue weighted by atomic mass is 14.6. The number of hydrogen-bond donors (Lipinski definition) is 5. The Labute approximate surface area is 95.4 Å². The van der Waals surface area contributed by atoms with E-state index in [9.17, 15) is 0 Å². The van der Waals surface area contributed by atoms with E-state index in [1.54, 1.807) is 0 Å². The van der Waals surface area contributed by atoms with Gasteiger partial charge in [-0.15, -0.1) is 26.3 Å². The van der Waals surface area contributed by atoms with Crippen LogP contribution in [0.4, 0.5) is 0 Å². The van der Waals surface area contributed by atoms with Gasteiger partial charge in [0.25, 0.3) is 0 Å². The molecule has 0 aromatic rings. The molecule has 96 valence electrons. The van der Waals surface area contributed by atoms with Gasteiger partial charge in [0.1, 0.15) is 0 Å². The first-order valence-corrected chi connectivity index (χ1v) is 4.75. The summed E-state index contributed by atoms with van der Waals surface area (Å²) in [5.41, 5.74) is 24.5. The normalized spacial score (nSPS) is 5.73. The number of nitrogens with two attached hydrogens (primary N) is 5. The lowest BCUT2D eigenvalue weighted by Gasteiger charge is -1.72. The predicted molar refractivity (Wildman–Crippen MR) is 73.5 cm³/mol. The monoisotopic (exact) mass is 221 g/mol. The van der Waals surface area contributed by atoms with Crippen LogP contribution in [0, 0.1) is 0 Å². The van der Waals surface area contributed by atoms with Gasteiger partial charge in [0.05, 0.1) is 0 Å². The van der Waals surface area contributed by atoms with Gasteiger partial charge in [-0.1, -0.05) is 6.92 Å². The fraction of sp³-hybridized carbons (Fsp3) is 0.600. The Bertz CT molecular complexity index is 43.1. The molecule has 5 nitrogen and oxygen atoms in total. The maximum atomic E-state index is 4.90. The van der Waals surface area contributed by atoms with E-state index in [-0.39, 0.29) is 0 Å². The van der Waals surface area contributed by atoms with E-state index < -0.39 is 0 Å². The largest absolute Gasteiger partial charge is 0.331 e. The van der Waals surface area contributed by atoms with Crippen molar-refractivity contribution in [2.24, 2.45) is 28.7 Å². The van der Waals surface area contributed by atoms with Gasteiger partial charge < -0.3 is 28.7 Å². The molecule has 0 bridgehead atoms. The lowest BCUT2D eigenvalue weighted by molar-refractivity contribution is 0.976. The van der Waals surface area contributed by atoms with Crippen LogP contribution in [0.3, 0.4) is 0 Å². The Morgan fingerprint density at radius 2 is 0.667 bits per heavy atom. The van der Waals surface area contributed by atoms with Gasteiger partial charge in [-0.3, -0.25) is 0 Å². The molecule has 0 rings (SSSR count). The SMILES string of the molecule is C=C.C=C.CCN.NCCN.NCCN. The van der Waals surface area contributed by atoms with E-state index in [0.29, 0.717) is 26.2 Å². The van der Waals surface area contributed by atoms with Crippen molar-refractivity contribution in [1.29, 1.82) is 0 Å². The summed E-state index contributed by atoms with van der Waals surface area (Å²) in [4.78, 5) is 0. The molecule has 0 aliphatic carbocycles. The second kappa shape index (κ2) is 109. The van der Waals surface area contributed by atoms with Crippen molar-refractivity contribution in [3.63, 3.8) is 0 Å². The van der Waals surface area contributed by atoms with Crippen molar-refractivity contribution in [2.75, 3.05) is 32.7 Å². The van der Waals surface area contributed by atoms with Gasteiger partial charge in [0, 0.05) is 26.2 Å². The smallest absolute Gasteiger partial charge is 0.00461 e. The molecular formula is C10H31N5. The summed E-state index contributed by atoms with van der Waals surface area (Å²) in [5, 5.41) is 0. The van der Waals surface area contributed by atoms with Crippen LogP contribution in [0.2, 0.25) is 0 Å². The third-order valence-corrected chi connectivity index (χ3v) is 0.333. The van der Waals surface area contributed by atoms with E-state index in [4.69, 9.17) is 28.7 Å². The Hall–Kier alpha value is -0.720. The zero-order valence-corrected chi connectivity index (χ0v) is 10.3. The molecule has 0 heterocycles. The van der Waals surface area contributed by atoms with Crippen molar-refractivity contribution in [2.45, 2.75) is 6.92 Å². The van der Waals surface area contributed by atoms with Crippen LogP contribution in [-0.2, 0) is 0 Å². The third kappa shape index (κ3) is 1030.